The number of thioether (sulfide) groups is 1. The van der Waals surface area contributed by atoms with Crippen LogP contribution in [0.3, 0.4) is 0 Å². The largest absolute Gasteiger partial charge is 0.462 e. The summed E-state index contributed by atoms with van der Waals surface area (Å²) in [5.74, 6) is -0.329. The van der Waals surface area contributed by atoms with E-state index in [-0.39, 0.29) is 5.56 Å². The van der Waals surface area contributed by atoms with Gasteiger partial charge in [-0.05, 0) is 56.7 Å². The second-order valence-electron chi connectivity index (χ2n) is 7.64. The van der Waals surface area contributed by atoms with Crippen LogP contribution in [0.5, 0.6) is 0 Å². The zero-order valence-corrected chi connectivity index (χ0v) is 20.6. The third kappa shape index (κ3) is 7.41. The van der Waals surface area contributed by atoms with Gasteiger partial charge in [0.2, 0.25) is 0 Å². The molecule has 1 N–H and O–H groups in total. The van der Waals surface area contributed by atoms with Gasteiger partial charge in [0.15, 0.2) is 6.61 Å². The molecular formula is C25H27N3O6S. The Kier molecular flexibility index (Phi) is 9.42. The van der Waals surface area contributed by atoms with Crippen molar-refractivity contribution in [1.82, 2.24) is 10.1 Å². The lowest BCUT2D eigenvalue weighted by Gasteiger charge is -2.09. The highest BCUT2D eigenvalue weighted by molar-refractivity contribution is 7.98. The summed E-state index contributed by atoms with van der Waals surface area (Å²) in [6.07, 6.45) is 3.33. The Bertz CT molecular complexity index is 1160. The minimum absolute atomic E-state index is 0.267. The van der Waals surface area contributed by atoms with Crippen LogP contribution in [0.4, 0.5) is 5.69 Å². The van der Waals surface area contributed by atoms with E-state index in [9.17, 15) is 14.4 Å². The van der Waals surface area contributed by atoms with Crippen LogP contribution in [0.2, 0.25) is 0 Å². The summed E-state index contributed by atoms with van der Waals surface area (Å²) < 4.78 is 15.5. The molecule has 0 atom stereocenters. The van der Waals surface area contributed by atoms with Crippen molar-refractivity contribution < 1.29 is 28.4 Å². The van der Waals surface area contributed by atoms with Gasteiger partial charge >= 0.3 is 11.9 Å². The number of carbonyl (C=O) groups is 3. The Morgan fingerprint density at radius 3 is 2.51 bits per heavy atom. The van der Waals surface area contributed by atoms with Crippen LogP contribution in [-0.2, 0) is 20.0 Å². The molecule has 1 amide bonds. The van der Waals surface area contributed by atoms with E-state index in [1.807, 2.05) is 20.8 Å². The average molecular weight is 498 g/mol. The molecule has 3 rings (SSSR count). The van der Waals surface area contributed by atoms with E-state index < -0.39 is 24.5 Å². The minimum atomic E-state index is -0.653. The molecule has 0 saturated carbocycles. The summed E-state index contributed by atoms with van der Waals surface area (Å²) >= 11 is 1.36. The van der Waals surface area contributed by atoms with Gasteiger partial charge in [-0.3, -0.25) is 4.79 Å². The van der Waals surface area contributed by atoms with Crippen LogP contribution in [0.25, 0.3) is 0 Å². The molecule has 0 aliphatic rings. The summed E-state index contributed by atoms with van der Waals surface area (Å²) in [6.45, 7) is 5.60. The zero-order chi connectivity index (χ0) is 25.2. The predicted octanol–water partition coefficient (Wildman–Crippen LogP) is 4.73. The molecule has 0 radical (unpaired) electrons. The van der Waals surface area contributed by atoms with Gasteiger partial charge in [0.05, 0.1) is 23.4 Å². The average Bonchev–Trinajstić information content (AvgIpc) is 3.18. The summed E-state index contributed by atoms with van der Waals surface area (Å²) in [5.41, 5.74) is 2.85. The van der Waals surface area contributed by atoms with Gasteiger partial charge in [-0.15, -0.1) is 11.8 Å². The maximum atomic E-state index is 12.6. The van der Waals surface area contributed by atoms with Crippen LogP contribution in [-0.4, -0.2) is 41.2 Å². The van der Waals surface area contributed by atoms with Gasteiger partial charge in [0.25, 0.3) is 5.91 Å². The molecule has 10 heteroatoms. The number of carbonyl (C=O) groups excluding carboxylic acids is 3. The molecule has 184 valence electrons. The molecule has 0 aliphatic heterocycles. The van der Waals surface area contributed by atoms with Crippen molar-refractivity contribution in [2.45, 2.75) is 44.4 Å². The number of nitrogens with one attached hydrogen (secondary N) is 1. The third-order valence-corrected chi connectivity index (χ3v) is 6.03. The lowest BCUT2D eigenvalue weighted by Crippen LogP contribution is -2.21. The van der Waals surface area contributed by atoms with E-state index in [1.54, 1.807) is 42.6 Å². The van der Waals surface area contributed by atoms with Crippen molar-refractivity contribution in [1.29, 1.82) is 0 Å². The van der Waals surface area contributed by atoms with Gasteiger partial charge in [0.1, 0.15) is 10.8 Å². The predicted molar refractivity (Wildman–Crippen MR) is 130 cm³/mol. The van der Waals surface area contributed by atoms with E-state index in [0.717, 1.165) is 24.1 Å². The molecule has 0 aliphatic carbocycles. The second kappa shape index (κ2) is 12.7. The molecule has 1 aromatic carbocycles. The smallest absolute Gasteiger partial charge is 0.341 e. The van der Waals surface area contributed by atoms with Gasteiger partial charge in [0, 0.05) is 23.2 Å². The maximum absolute atomic E-state index is 12.6. The zero-order valence-electron chi connectivity index (χ0n) is 19.8. The summed E-state index contributed by atoms with van der Waals surface area (Å²) in [6, 6.07) is 9.52. The number of hydrogen-bond donors (Lipinski definition) is 1. The fourth-order valence-electron chi connectivity index (χ4n) is 3.00. The monoisotopic (exact) mass is 497 g/mol. The molecule has 0 fully saturated rings. The van der Waals surface area contributed by atoms with Crippen molar-refractivity contribution in [2.24, 2.45) is 0 Å². The number of unbranched alkanes of at least 4 members (excludes halogenated alkanes) is 1. The van der Waals surface area contributed by atoms with Crippen molar-refractivity contribution in [3.8, 4) is 0 Å². The van der Waals surface area contributed by atoms with Crippen LogP contribution in [0.15, 0.2) is 52.1 Å². The van der Waals surface area contributed by atoms with Gasteiger partial charge in [-0.1, -0.05) is 18.5 Å². The lowest BCUT2D eigenvalue weighted by atomic mass is 10.2. The molecule has 2 aromatic heterocycles. The van der Waals surface area contributed by atoms with Gasteiger partial charge in [-0.2, -0.15) is 0 Å². The highest BCUT2D eigenvalue weighted by atomic mass is 32.2. The van der Waals surface area contributed by atoms with Crippen LogP contribution >= 0.6 is 11.8 Å². The summed E-state index contributed by atoms with van der Waals surface area (Å²) in [4.78, 5) is 41.1. The number of aromatic nitrogens is 2. The molecule has 0 unspecified atom stereocenters. The number of hydrogen-bond acceptors (Lipinski definition) is 9. The van der Waals surface area contributed by atoms with Crippen LogP contribution in [0.1, 0.15) is 57.5 Å². The molecular weight excluding hydrogens is 470 g/mol. The Morgan fingerprint density at radius 1 is 1.06 bits per heavy atom. The van der Waals surface area contributed by atoms with E-state index in [0.29, 0.717) is 34.4 Å². The minimum Gasteiger partial charge on any atom is -0.462 e. The van der Waals surface area contributed by atoms with E-state index >= 15 is 0 Å². The molecule has 3 aromatic rings. The summed E-state index contributed by atoms with van der Waals surface area (Å²) in [7, 11) is 0. The normalized spacial score (nSPS) is 10.6. The first kappa shape index (κ1) is 26.0. The van der Waals surface area contributed by atoms with Crippen molar-refractivity contribution in [2.75, 3.05) is 18.5 Å². The number of nitrogens with zero attached hydrogens (tertiary/aromatic N) is 2. The van der Waals surface area contributed by atoms with Crippen LogP contribution in [0, 0.1) is 13.8 Å². The Balaban J connectivity index is 1.51. The first-order chi connectivity index (χ1) is 16.9. The number of pyridine rings is 1. The molecule has 2 heterocycles. The van der Waals surface area contributed by atoms with Crippen molar-refractivity contribution in [3.05, 3.63) is 70.7 Å². The number of amides is 1. The number of esters is 2. The maximum Gasteiger partial charge on any atom is 0.341 e. The fourth-order valence-corrected chi connectivity index (χ4v) is 4.13. The molecule has 0 saturated heterocycles. The van der Waals surface area contributed by atoms with Crippen molar-refractivity contribution in [3.63, 3.8) is 0 Å². The quantitative estimate of drug-likeness (QED) is 0.228. The highest BCUT2D eigenvalue weighted by Crippen LogP contribution is 2.27. The first-order valence-electron chi connectivity index (χ1n) is 11.1. The summed E-state index contributed by atoms with van der Waals surface area (Å²) in [5, 5.41) is 7.05. The second-order valence-corrected chi connectivity index (χ2v) is 8.60. The molecule has 0 bridgehead atoms. The number of anilines is 1. The standard InChI is InChI=1S/C25H27N3O6S/c1-4-5-13-32-24(30)18-8-10-19(11-9-18)27-22(29)14-33-25(31)20-7-6-12-26-23(20)35-15-21-16(2)28-34-17(21)3/h6-12H,4-5,13-15H2,1-3H3,(H,27,29). The molecule has 0 spiro atoms. The Hall–Kier alpha value is -3.66. The van der Waals surface area contributed by atoms with Gasteiger partial charge in [-0.25, -0.2) is 14.6 Å². The van der Waals surface area contributed by atoms with Crippen molar-refractivity contribution >= 4 is 35.3 Å². The molecule has 9 nitrogen and oxygen atoms in total. The lowest BCUT2D eigenvalue weighted by molar-refractivity contribution is -0.119. The Labute approximate surface area is 207 Å². The number of aryl methyl sites for hydroxylation is 2. The number of rotatable bonds is 11. The molecule has 35 heavy (non-hydrogen) atoms. The Morgan fingerprint density at radius 2 is 1.83 bits per heavy atom. The van der Waals surface area contributed by atoms with E-state index in [4.69, 9.17) is 14.0 Å². The van der Waals surface area contributed by atoms with Gasteiger partial charge < -0.3 is 19.3 Å². The topological polar surface area (TPSA) is 121 Å². The van der Waals surface area contributed by atoms with E-state index in [2.05, 4.69) is 15.5 Å². The fraction of sp³-hybridized carbons (Fsp3) is 0.320. The first-order valence-corrected chi connectivity index (χ1v) is 12.1. The van der Waals surface area contributed by atoms with E-state index in [1.165, 1.54) is 11.8 Å². The number of benzene rings is 1. The third-order valence-electron chi connectivity index (χ3n) is 5.00. The van der Waals surface area contributed by atoms with Crippen LogP contribution < -0.4 is 5.32 Å². The highest BCUT2D eigenvalue weighted by Gasteiger charge is 2.18. The SMILES string of the molecule is CCCCOC(=O)c1ccc(NC(=O)COC(=O)c2cccnc2SCc2c(C)noc2C)cc1. The number of ether oxygens (including phenoxy) is 2.